The van der Waals surface area contributed by atoms with Crippen LogP contribution < -0.4 is 0 Å². The van der Waals surface area contributed by atoms with Crippen LogP contribution in [0.15, 0.2) is 0 Å². The van der Waals surface area contributed by atoms with E-state index in [1.165, 1.54) is 0 Å². The number of aliphatic carboxylic acids is 1. The molecule has 0 radical (unpaired) electrons. The maximum atomic E-state index is 10.6. The molecule has 0 saturated carbocycles. The molecule has 0 spiro atoms. The molecule has 15 heavy (non-hydrogen) atoms. The third-order valence-corrected chi connectivity index (χ3v) is 3.22. The number of rotatable bonds is 5. The Morgan fingerprint density at radius 3 is 2.53 bits per heavy atom. The topological polar surface area (TPSA) is 49.8 Å². The van der Waals surface area contributed by atoms with Crippen molar-refractivity contribution in [2.75, 3.05) is 20.2 Å². The Labute approximate surface area is 91.2 Å². The summed E-state index contributed by atoms with van der Waals surface area (Å²) in [6.07, 6.45) is 0.926. The fourth-order valence-corrected chi connectivity index (χ4v) is 1.95. The number of hydrogen-bond acceptors (Lipinski definition) is 3. The average Bonchev–Trinajstić information content (AvgIpc) is 1.99. The lowest BCUT2D eigenvalue weighted by molar-refractivity contribution is -0.149. The van der Waals surface area contributed by atoms with E-state index < -0.39 is 5.97 Å². The van der Waals surface area contributed by atoms with E-state index in [1.807, 2.05) is 0 Å². The summed E-state index contributed by atoms with van der Waals surface area (Å²) >= 11 is 0. The molecule has 1 atom stereocenters. The van der Waals surface area contributed by atoms with E-state index in [-0.39, 0.29) is 11.5 Å². The Bertz CT molecular complexity index is 234. The molecule has 1 N–H and O–H groups in total. The Hall–Kier alpha value is -0.610. The Kier molecular flexibility index (Phi) is 3.73. The Morgan fingerprint density at radius 1 is 1.60 bits per heavy atom. The molecular weight excluding hydrogens is 194 g/mol. The van der Waals surface area contributed by atoms with Crippen LogP contribution in [-0.2, 0) is 9.53 Å². The monoisotopic (exact) mass is 215 g/mol. The molecule has 1 saturated heterocycles. The van der Waals surface area contributed by atoms with Crippen LogP contribution in [0.25, 0.3) is 0 Å². The molecule has 0 aliphatic carbocycles. The van der Waals surface area contributed by atoms with Gasteiger partial charge < -0.3 is 9.84 Å². The summed E-state index contributed by atoms with van der Waals surface area (Å²) < 4.78 is 5.36. The first-order valence-corrected chi connectivity index (χ1v) is 5.38. The van der Waals surface area contributed by atoms with E-state index in [4.69, 9.17) is 9.84 Å². The Morgan fingerprint density at radius 2 is 2.13 bits per heavy atom. The molecule has 1 aliphatic heterocycles. The SMILES string of the molecule is COC(C)(C)CC(C)N1CC(C(=O)O)C1. The molecule has 0 aromatic rings. The van der Waals surface area contributed by atoms with Crippen molar-refractivity contribution in [1.29, 1.82) is 0 Å². The fourth-order valence-electron chi connectivity index (χ4n) is 1.95. The fraction of sp³-hybridized carbons (Fsp3) is 0.909. The zero-order valence-electron chi connectivity index (χ0n) is 9.99. The van der Waals surface area contributed by atoms with E-state index in [9.17, 15) is 4.79 Å². The van der Waals surface area contributed by atoms with Crippen LogP contribution in [0.1, 0.15) is 27.2 Å². The first kappa shape index (κ1) is 12.5. The number of carbonyl (C=O) groups is 1. The highest BCUT2D eigenvalue weighted by atomic mass is 16.5. The minimum absolute atomic E-state index is 0.131. The van der Waals surface area contributed by atoms with Gasteiger partial charge >= 0.3 is 5.97 Å². The van der Waals surface area contributed by atoms with Crippen LogP contribution in [0.4, 0.5) is 0 Å². The number of carboxylic acid groups (broad SMARTS) is 1. The quantitative estimate of drug-likeness (QED) is 0.749. The first-order valence-electron chi connectivity index (χ1n) is 5.38. The second-order valence-corrected chi connectivity index (χ2v) is 5.01. The lowest BCUT2D eigenvalue weighted by atomic mass is 9.92. The average molecular weight is 215 g/mol. The van der Waals surface area contributed by atoms with Gasteiger partial charge in [0, 0.05) is 26.2 Å². The molecule has 1 unspecified atom stereocenters. The van der Waals surface area contributed by atoms with Gasteiger partial charge in [-0.15, -0.1) is 0 Å². The van der Waals surface area contributed by atoms with E-state index in [2.05, 4.69) is 25.7 Å². The highest BCUT2D eigenvalue weighted by Crippen LogP contribution is 2.25. The van der Waals surface area contributed by atoms with Gasteiger partial charge in [0.05, 0.1) is 11.5 Å². The number of likely N-dealkylation sites (tertiary alicyclic amines) is 1. The van der Waals surface area contributed by atoms with Crippen molar-refractivity contribution in [3.8, 4) is 0 Å². The molecule has 1 heterocycles. The lowest BCUT2D eigenvalue weighted by Gasteiger charge is -2.43. The summed E-state index contributed by atoms with van der Waals surface area (Å²) in [5.41, 5.74) is -0.131. The van der Waals surface area contributed by atoms with Crippen molar-refractivity contribution in [3.05, 3.63) is 0 Å². The molecule has 1 aliphatic rings. The molecule has 1 fully saturated rings. The van der Waals surface area contributed by atoms with Gasteiger partial charge in [-0.25, -0.2) is 0 Å². The van der Waals surface area contributed by atoms with Crippen molar-refractivity contribution >= 4 is 5.97 Å². The largest absolute Gasteiger partial charge is 0.481 e. The summed E-state index contributed by atoms with van der Waals surface area (Å²) in [5, 5.41) is 8.76. The van der Waals surface area contributed by atoms with Gasteiger partial charge in [-0.2, -0.15) is 0 Å². The second-order valence-electron chi connectivity index (χ2n) is 5.01. The molecule has 0 bridgehead atoms. The molecule has 1 rings (SSSR count). The van der Waals surface area contributed by atoms with Crippen LogP contribution in [0.5, 0.6) is 0 Å². The van der Waals surface area contributed by atoms with E-state index in [0.717, 1.165) is 6.42 Å². The number of ether oxygens (including phenoxy) is 1. The molecule has 0 aromatic carbocycles. The van der Waals surface area contributed by atoms with Crippen molar-refractivity contribution in [1.82, 2.24) is 4.90 Å². The van der Waals surface area contributed by atoms with Gasteiger partial charge in [0.1, 0.15) is 0 Å². The predicted molar refractivity (Wildman–Crippen MR) is 57.9 cm³/mol. The first-order chi connectivity index (χ1) is 6.85. The van der Waals surface area contributed by atoms with Gasteiger partial charge in [0.15, 0.2) is 0 Å². The van der Waals surface area contributed by atoms with Gasteiger partial charge in [0.2, 0.25) is 0 Å². The van der Waals surface area contributed by atoms with Gasteiger partial charge in [-0.1, -0.05) is 0 Å². The second kappa shape index (κ2) is 4.49. The van der Waals surface area contributed by atoms with E-state index in [0.29, 0.717) is 19.1 Å². The zero-order chi connectivity index (χ0) is 11.6. The van der Waals surface area contributed by atoms with Crippen molar-refractivity contribution in [2.24, 2.45) is 5.92 Å². The van der Waals surface area contributed by atoms with Crippen molar-refractivity contribution in [2.45, 2.75) is 38.8 Å². The zero-order valence-corrected chi connectivity index (χ0v) is 9.99. The standard InChI is InChI=1S/C11H21NO3/c1-8(5-11(2,3)15-4)12-6-9(7-12)10(13)14/h8-9H,5-7H2,1-4H3,(H,13,14). The highest BCUT2D eigenvalue weighted by Gasteiger charge is 2.36. The molecule has 88 valence electrons. The van der Waals surface area contributed by atoms with Crippen LogP contribution in [0.2, 0.25) is 0 Å². The van der Waals surface area contributed by atoms with E-state index >= 15 is 0 Å². The minimum atomic E-state index is -0.676. The molecule has 4 heteroatoms. The van der Waals surface area contributed by atoms with Crippen molar-refractivity contribution in [3.63, 3.8) is 0 Å². The summed E-state index contributed by atoms with van der Waals surface area (Å²) in [6, 6.07) is 0.385. The summed E-state index contributed by atoms with van der Waals surface area (Å²) in [4.78, 5) is 12.8. The van der Waals surface area contributed by atoms with Crippen LogP contribution in [0.3, 0.4) is 0 Å². The van der Waals surface area contributed by atoms with Gasteiger partial charge in [-0.3, -0.25) is 9.69 Å². The molecular formula is C11H21NO3. The highest BCUT2D eigenvalue weighted by molar-refractivity contribution is 5.71. The predicted octanol–water partition coefficient (Wildman–Crippen LogP) is 1.21. The normalized spacial score (nSPS) is 21.1. The smallest absolute Gasteiger partial charge is 0.309 e. The summed E-state index contributed by atoms with van der Waals surface area (Å²) in [7, 11) is 1.71. The van der Waals surface area contributed by atoms with Crippen molar-refractivity contribution < 1.29 is 14.6 Å². The number of carboxylic acids is 1. The minimum Gasteiger partial charge on any atom is -0.481 e. The summed E-state index contributed by atoms with van der Waals surface area (Å²) in [6.45, 7) is 7.58. The van der Waals surface area contributed by atoms with E-state index in [1.54, 1.807) is 7.11 Å². The van der Waals surface area contributed by atoms with Crippen LogP contribution in [-0.4, -0.2) is 47.8 Å². The van der Waals surface area contributed by atoms with Gasteiger partial charge in [-0.05, 0) is 27.2 Å². The van der Waals surface area contributed by atoms with Crippen LogP contribution in [0, 0.1) is 5.92 Å². The molecule has 0 aromatic heterocycles. The molecule has 0 amide bonds. The summed E-state index contributed by atoms with van der Waals surface area (Å²) in [5.74, 6) is -0.845. The Balaban J connectivity index is 2.32. The number of nitrogens with zero attached hydrogens (tertiary/aromatic N) is 1. The maximum Gasteiger partial charge on any atom is 0.309 e. The molecule has 4 nitrogen and oxygen atoms in total. The third kappa shape index (κ3) is 3.18. The maximum absolute atomic E-state index is 10.6. The third-order valence-electron chi connectivity index (χ3n) is 3.22. The number of methoxy groups -OCH3 is 1. The lowest BCUT2D eigenvalue weighted by Crippen LogP contribution is -2.55. The van der Waals surface area contributed by atoms with Gasteiger partial charge in [0.25, 0.3) is 0 Å². The number of hydrogen-bond donors (Lipinski definition) is 1. The van der Waals surface area contributed by atoms with Crippen LogP contribution >= 0.6 is 0 Å².